The summed E-state index contributed by atoms with van der Waals surface area (Å²) < 4.78 is 0. The highest BCUT2D eigenvalue weighted by Crippen LogP contribution is 2.27. The minimum atomic E-state index is -0.468. The van der Waals surface area contributed by atoms with Crippen LogP contribution in [-0.4, -0.2) is 30.0 Å². The first-order chi connectivity index (χ1) is 12.9. The lowest BCUT2D eigenvalue weighted by atomic mass is 10.1. The Bertz CT molecular complexity index is 830. The van der Waals surface area contributed by atoms with Crippen molar-refractivity contribution in [1.29, 1.82) is 0 Å². The second kappa shape index (κ2) is 8.07. The van der Waals surface area contributed by atoms with Gasteiger partial charge in [-0.1, -0.05) is 0 Å². The third-order valence-electron chi connectivity index (χ3n) is 4.77. The molecule has 0 radical (unpaired) electrons. The molecule has 1 fully saturated rings. The number of hydrogen-bond acceptors (Lipinski definition) is 5. The summed E-state index contributed by atoms with van der Waals surface area (Å²) in [5, 5.41) is 16.7. The van der Waals surface area contributed by atoms with Crippen molar-refractivity contribution in [2.24, 2.45) is 0 Å². The van der Waals surface area contributed by atoms with Crippen molar-refractivity contribution in [3.63, 3.8) is 0 Å². The molecule has 142 valence electrons. The number of aryl methyl sites for hydroxylation is 1. The molecular weight excluding hydrogens is 344 g/mol. The third-order valence-corrected chi connectivity index (χ3v) is 4.77. The Morgan fingerprint density at radius 2 is 1.74 bits per heavy atom. The second-order valence-corrected chi connectivity index (χ2v) is 6.85. The monoisotopic (exact) mass is 368 g/mol. The van der Waals surface area contributed by atoms with Gasteiger partial charge in [-0.2, -0.15) is 0 Å². The van der Waals surface area contributed by atoms with Gasteiger partial charge in [-0.15, -0.1) is 0 Å². The van der Waals surface area contributed by atoms with Crippen molar-refractivity contribution in [3.8, 4) is 0 Å². The van der Waals surface area contributed by atoms with Crippen LogP contribution in [0.3, 0.4) is 0 Å². The molecule has 27 heavy (non-hydrogen) atoms. The Morgan fingerprint density at radius 3 is 2.33 bits per heavy atom. The van der Waals surface area contributed by atoms with Gasteiger partial charge in [0.1, 0.15) is 6.04 Å². The van der Waals surface area contributed by atoms with E-state index in [4.69, 9.17) is 0 Å². The minimum Gasteiger partial charge on any atom is -0.374 e. The zero-order valence-corrected chi connectivity index (χ0v) is 15.6. The summed E-state index contributed by atoms with van der Waals surface area (Å²) in [4.78, 5) is 25.0. The zero-order chi connectivity index (χ0) is 19.4. The molecule has 1 heterocycles. The highest BCUT2D eigenvalue weighted by Gasteiger charge is 2.16. The SMILES string of the molecule is Cc1cc(NC(C)C(=O)Nc2ccc([N+](=O)[O-])cc2)ccc1N1CCCC1. The highest BCUT2D eigenvalue weighted by atomic mass is 16.6. The Morgan fingerprint density at radius 1 is 1.11 bits per heavy atom. The van der Waals surface area contributed by atoms with Crippen molar-refractivity contribution in [1.82, 2.24) is 0 Å². The average molecular weight is 368 g/mol. The van der Waals surface area contributed by atoms with Gasteiger partial charge in [0.05, 0.1) is 4.92 Å². The molecule has 2 aromatic carbocycles. The first-order valence-electron chi connectivity index (χ1n) is 9.11. The number of nitrogens with one attached hydrogen (secondary N) is 2. The van der Waals surface area contributed by atoms with Crippen LogP contribution in [0.5, 0.6) is 0 Å². The second-order valence-electron chi connectivity index (χ2n) is 6.85. The zero-order valence-electron chi connectivity index (χ0n) is 15.6. The quantitative estimate of drug-likeness (QED) is 0.596. The van der Waals surface area contributed by atoms with E-state index in [-0.39, 0.29) is 11.6 Å². The number of hydrogen-bond donors (Lipinski definition) is 2. The molecule has 0 aliphatic carbocycles. The van der Waals surface area contributed by atoms with Crippen LogP contribution < -0.4 is 15.5 Å². The standard InChI is InChI=1S/C20H24N4O3/c1-14-13-17(7-10-19(14)23-11-3-4-12-23)21-15(2)20(25)22-16-5-8-18(9-6-16)24(26)27/h5-10,13,15,21H,3-4,11-12H2,1-2H3,(H,22,25). The van der Waals surface area contributed by atoms with Crippen LogP contribution in [0.15, 0.2) is 42.5 Å². The predicted octanol–water partition coefficient (Wildman–Crippen LogP) is 3.94. The normalized spacial score (nSPS) is 14.7. The smallest absolute Gasteiger partial charge is 0.269 e. The van der Waals surface area contributed by atoms with Crippen molar-refractivity contribution < 1.29 is 9.72 Å². The minimum absolute atomic E-state index is 0.00672. The molecular formula is C20H24N4O3. The number of carbonyl (C=O) groups is 1. The fourth-order valence-corrected chi connectivity index (χ4v) is 3.29. The van der Waals surface area contributed by atoms with Gasteiger partial charge in [-0.05, 0) is 62.6 Å². The van der Waals surface area contributed by atoms with Crippen molar-refractivity contribution >= 4 is 28.7 Å². The maximum atomic E-state index is 12.4. The third kappa shape index (κ3) is 4.55. The van der Waals surface area contributed by atoms with Gasteiger partial charge in [0.25, 0.3) is 5.69 Å². The topological polar surface area (TPSA) is 87.5 Å². The van der Waals surface area contributed by atoms with Crippen molar-refractivity contribution in [3.05, 3.63) is 58.1 Å². The summed E-state index contributed by atoms with van der Waals surface area (Å²) in [6, 6.07) is 11.5. The highest BCUT2D eigenvalue weighted by molar-refractivity contribution is 5.96. The Labute approximate surface area is 158 Å². The Kier molecular flexibility index (Phi) is 5.59. The molecule has 0 aromatic heterocycles. The fraction of sp³-hybridized carbons (Fsp3) is 0.350. The van der Waals surface area contributed by atoms with Crippen LogP contribution >= 0.6 is 0 Å². The van der Waals surface area contributed by atoms with Gasteiger partial charge in [0, 0.05) is 42.3 Å². The average Bonchev–Trinajstić information content (AvgIpc) is 3.16. The van der Waals surface area contributed by atoms with Crippen molar-refractivity contribution in [2.45, 2.75) is 32.7 Å². The number of rotatable bonds is 6. The molecule has 0 spiro atoms. The van der Waals surface area contributed by atoms with E-state index >= 15 is 0 Å². The summed E-state index contributed by atoms with van der Waals surface area (Å²) in [6.07, 6.45) is 2.47. The van der Waals surface area contributed by atoms with E-state index in [1.165, 1.54) is 48.4 Å². The predicted molar refractivity (Wildman–Crippen MR) is 107 cm³/mol. The van der Waals surface area contributed by atoms with Gasteiger partial charge < -0.3 is 15.5 Å². The largest absolute Gasteiger partial charge is 0.374 e. The summed E-state index contributed by atoms with van der Waals surface area (Å²) >= 11 is 0. The van der Waals surface area contributed by atoms with Crippen LogP contribution in [-0.2, 0) is 4.79 Å². The van der Waals surface area contributed by atoms with Crippen LogP contribution in [0, 0.1) is 17.0 Å². The molecule has 0 bridgehead atoms. The lowest BCUT2D eigenvalue weighted by molar-refractivity contribution is -0.384. The van der Waals surface area contributed by atoms with Crippen LogP contribution in [0.25, 0.3) is 0 Å². The van der Waals surface area contributed by atoms with Gasteiger partial charge >= 0.3 is 0 Å². The fourth-order valence-electron chi connectivity index (χ4n) is 3.29. The summed E-state index contributed by atoms with van der Waals surface area (Å²) in [5.74, 6) is -0.204. The first kappa shape index (κ1) is 18.7. The Hall–Kier alpha value is -3.09. The Balaban J connectivity index is 1.60. The molecule has 1 unspecified atom stereocenters. The molecule has 1 aliphatic heterocycles. The number of anilines is 3. The number of amides is 1. The number of non-ortho nitro benzene ring substituents is 1. The van der Waals surface area contributed by atoms with Gasteiger partial charge in [0.2, 0.25) is 5.91 Å². The number of nitrogens with zero attached hydrogens (tertiary/aromatic N) is 2. The molecule has 2 aromatic rings. The van der Waals surface area contributed by atoms with E-state index in [0.717, 1.165) is 18.8 Å². The molecule has 0 saturated carbocycles. The van der Waals surface area contributed by atoms with Crippen LogP contribution in [0.1, 0.15) is 25.3 Å². The van der Waals surface area contributed by atoms with E-state index < -0.39 is 11.0 Å². The maximum Gasteiger partial charge on any atom is 0.269 e. The molecule has 1 amide bonds. The first-order valence-corrected chi connectivity index (χ1v) is 9.11. The number of benzene rings is 2. The summed E-state index contributed by atoms with van der Waals surface area (Å²) in [6.45, 7) is 6.06. The molecule has 7 heteroatoms. The summed E-state index contributed by atoms with van der Waals surface area (Å²) in [5.41, 5.74) is 3.85. The van der Waals surface area contributed by atoms with Gasteiger partial charge in [0.15, 0.2) is 0 Å². The van der Waals surface area contributed by atoms with Gasteiger partial charge in [-0.3, -0.25) is 14.9 Å². The lowest BCUT2D eigenvalue weighted by Crippen LogP contribution is -2.31. The molecule has 1 atom stereocenters. The van der Waals surface area contributed by atoms with E-state index in [1.807, 2.05) is 6.07 Å². The maximum absolute atomic E-state index is 12.4. The number of carbonyl (C=O) groups excluding carboxylic acids is 1. The molecule has 1 aliphatic rings. The van der Waals surface area contributed by atoms with Crippen LogP contribution in [0.4, 0.5) is 22.7 Å². The molecule has 3 rings (SSSR count). The van der Waals surface area contributed by atoms with E-state index in [2.05, 4.69) is 34.6 Å². The van der Waals surface area contributed by atoms with Crippen LogP contribution in [0.2, 0.25) is 0 Å². The molecule has 2 N–H and O–H groups in total. The molecule has 1 saturated heterocycles. The number of nitro groups is 1. The molecule has 7 nitrogen and oxygen atoms in total. The van der Waals surface area contributed by atoms with E-state index in [0.29, 0.717) is 5.69 Å². The van der Waals surface area contributed by atoms with E-state index in [9.17, 15) is 14.9 Å². The van der Waals surface area contributed by atoms with E-state index in [1.54, 1.807) is 6.92 Å². The van der Waals surface area contributed by atoms with Gasteiger partial charge in [-0.25, -0.2) is 0 Å². The number of nitro benzene ring substituents is 1. The summed E-state index contributed by atoms with van der Waals surface area (Å²) in [7, 11) is 0. The van der Waals surface area contributed by atoms with Crippen molar-refractivity contribution in [2.75, 3.05) is 28.6 Å². The lowest BCUT2D eigenvalue weighted by Gasteiger charge is -2.22.